The predicted octanol–water partition coefficient (Wildman–Crippen LogP) is 12.0. The summed E-state index contributed by atoms with van der Waals surface area (Å²) in [6.07, 6.45) is 23.0. The van der Waals surface area contributed by atoms with Gasteiger partial charge in [-0.2, -0.15) is 0 Å². The van der Waals surface area contributed by atoms with Crippen molar-refractivity contribution in [1.82, 2.24) is 9.97 Å². The van der Waals surface area contributed by atoms with Crippen LogP contribution in [0.3, 0.4) is 0 Å². The van der Waals surface area contributed by atoms with Crippen LogP contribution in [0, 0.1) is 11.3 Å². The summed E-state index contributed by atoms with van der Waals surface area (Å²) in [4.78, 5) is 12.0. The SMILES string of the molecule is CC1(C)C2=C(C=CC(C3=CC4c5ccccc5N(c5ccccc5)C4C=C3)C2)C2=C1CC(c1ccc3c(c1)c1ccccc1c1nccnc31)C=C2. The molecule has 0 N–H and O–H groups in total. The molecule has 1 aromatic heterocycles. The van der Waals surface area contributed by atoms with Gasteiger partial charge in [-0.05, 0) is 75.7 Å². The molecule has 0 fully saturated rings. The fraction of sp³-hybridized carbons (Fsp3) is 0.184. The summed E-state index contributed by atoms with van der Waals surface area (Å²) in [5.41, 5.74) is 14.9. The zero-order chi connectivity index (χ0) is 34.6. The van der Waals surface area contributed by atoms with Crippen LogP contribution in [-0.2, 0) is 0 Å². The van der Waals surface area contributed by atoms with E-state index in [0.717, 1.165) is 23.9 Å². The van der Waals surface area contributed by atoms with E-state index in [1.165, 1.54) is 60.8 Å². The quantitative estimate of drug-likeness (QED) is 0.176. The Morgan fingerprint density at radius 1 is 0.615 bits per heavy atom. The third-order valence-electron chi connectivity index (χ3n) is 12.7. The minimum Gasteiger partial charge on any atom is -0.333 e. The standard InChI is InChI=1S/C49H39N3/c1-49(2)43-28-32(30-18-22-40-41(26-30)35-12-6-7-14-39(35)47-48(40)51-25-24-50-47)16-20-36(43)37-21-17-33(29-44(37)49)31-19-23-46-42(27-31)38-13-8-9-15-45(38)52(46)34-10-4-3-5-11-34/h3-27,32-33,42,46H,28-29H2,1-2H3. The van der Waals surface area contributed by atoms with Crippen molar-refractivity contribution >= 4 is 44.0 Å². The molecule has 250 valence electrons. The molecule has 0 radical (unpaired) electrons. The number of hydrogen-bond donors (Lipinski definition) is 0. The Bertz CT molecular complexity index is 2650. The second-order valence-corrected chi connectivity index (χ2v) is 15.7. The molecule has 6 aromatic rings. The fourth-order valence-corrected chi connectivity index (χ4v) is 10.1. The minimum absolute atomic E-state index is 0.0115. The summed E-state index contributed by atoms with van der Waals surface area (Å²) in [7, 11) is 0. The molecule has 4 aliphatic carbocycles. The number of allylic oxidation sites excluding steroid dienone is 10. The molecule has 4 unspecified atom stereocenters. The van der Waals surface area contributed by atoms with Gasteiger partial charge in [-0.25, -0.2) is 0 Å². The lowest BCUT2D eigenvalue weighted by molar-refractivity contribution is 0.479. The highest BCUT2D eigenvalue weighted by Crippen LogP contribution is 2.57. The van der Waals surface area contributed by atoms with Gasteiger partial charge < -0.3 is 4.90 Å². The largest absolute Gasteiger partial charge is 0.333 e. The number of hydrogen-bond acceptors (Lipinski definition) is 3. The molecule has 0 bridgehead atoms. The molecule has 0 amide bonds. The van der Waals surface area contributed by atoms with E-state index in [1.807, 2.05) is 6.20 Å². The van der Waals surface area contributed by atoms with Crippen molar-refractivity contribution in [2.75, 3.05) is 4.90 Å². The first-order valence-electron chi connectivity index (χ1n) is 18.8. The van der Waals surface area contributed by atoms with E-state index in [-0.39, 0.29) is 5.41 Å². The Balaban J connectivity index is 0.885. The van der Waals surface area contributed by atoms with Crippen LogP contribution >= 0.6 is 0 Å². The minimum atomic E-state index is 0.0115. The van der Waals surface area contributed by atoms with Crippen LogP contribution < -0.4 is 4.90 Å². The van der Waals surface area contributed by atoms with E-state index in [4.69, 9.17) is 9.97 Å². The van der Waals surface area contributed by atoms with Crippen LogP contribution in [-0.4, -0.2) is 16.0 Å². The first-order chi connectivity index (χ1) is 25.5. The normalized spacial score (nSPS) is 24.0. The van der Waals surface area contributed by atoms with Crippen LogP contribution in [0.2, 0.25) is 0 Å². The third kappa shape index (κ3) is 4.26. The van der Waals surface area contributed by atoms with Gasteiger partial charge in [-0.1, -0.05) is 140 Å². The molecule has 0 spiro atoms. The van der Waals surface area contributed by atoms with Crippen molar-refractivity contribution in [2.24, 2.45) is 11.3 Å². The molecular weight excluding hydrogens is 631 g/mol. The molecular formula is C49H39N3. The number of rotatable bonds is 3. The predicted molar refractivity (Wildman–Crippen MR) is 215 cm³/mol. The lowest BCUT2D eigenvalue weighted by Gasteiger charge is -2.34. The highest BCUT2D eigenvalue weighted by molar-refractivity contribution is 6.23. The molecule has 3 nitrogen and oxygen atoms in total. The zero-order valence-corrected chi connectivity index (χ0v) is 29.5. The van der Waals surface area contributed by atoms with Crippen LogP contribution in [0.4, 0.5) is 11.4 Å². The topological polar surface area (TPSA) is 29.0 Å². The van der Waals surface area contributed by atoms with Gasteiger partial charge in [-0.15, -0.1) is 0 Å². The van der Waals surface area contributed by atoms with E-state index >= 15 is 0 Å². The maximum absolute atomic E-state index is 4.78. The number of anilines is 2. The van der Waals surface area contributed by atoms with Crippen molar-refractivity contribution < 1.29 is 0 Å². The third-order valence-corrected chi connectivity index (χ3v) is 12.7. The van der Waals surface area contributed by atoms with Crippen molar-refractivity contribution in [2.45, 2.75) is 44.6 Å². The summed E-state index contributed by atoms with van der Waals surface area (Å²) in [5, 5.41) is 4.84. The van der Waals surface area contributed by atoms with Crippen molar-refractivity contribution in [3.8, 4) is 0 Å². The van der Waals surface area contributed by atoms with Gasteiger partial charge in [0.15, 0.2) is 0 Å². The lowest BCUT2D eigenvalue weighted by Crippen LogP contribution is -2.29. The Hall–Kier alpha value is -5.80. The molecule has 0 saturated heterocycles. The second kappa shape index (κ2) is 11.1. The Morgan fingerprint density at radius 2 is 1.27 bits per heavy atom. The van der Waals surface area contributed by atoms with Crippen LogP contribution in [0.1, 0.15) is 49.7 Å². The first kappa shape index (κ1) is 29.9. The number of aromatic nitrogens is 2. The van der Waals surface area contributed by atoms with Gasteiger partial charge in [0, 0.05) is 57.7 Å². The Labute approximate surface area is 304 Å². The van der Waals surface area contributed by atoms with E-state index in [0.29, 0.717) is 23.8 Å². The summed E-state index contributed by atoms with van der Waals surface area (Å²) < 4.78 is 0. The highest BCUT2D eigenvalue weighted by Gasteiger charge is 2.43. The van der Waals surface area contributed by atoms with E-state index in [1.54, 1.807) is 17.3 Å². The van der Waals surface area contributed by atoms with Gasteiger partial charge in [0.1, 0.15) is 0 Å². The summed E-state index contributed by atoms with van der Waals surface area (Å²) in [5.74, 6) is 1.05. The van der Waals surface area contributed by atoms with Gasteiger partial charge in [0.2, 0.25) is 0 Å². The average molecular weight is 670 g/mol. The van der Waals surface area contributed by atoms with Crippen molar-refractivity contribution in [3.63, 3.8) is 0 Å². The Kier molecular flexibility index (Phi) is 6.38. The van der Waals surface area contributed by atoms with Crippen LogP contribution in [0.25, 0.3) is 32.6 Å². The summed E-state index contributed by atoms with van der Waals surface area (Å²) in [6.45, 7) is 4.95. The highest BCUT2D eigenvalue weighted by atomic mass is 15.2. The van der Waals surface area contributed by atoms with E-state index < -0.39 is 0 Å². The van der Waals surface area contributed by atoms with Crippen molar-refractivity contribution in [1.29, 1.82) is 0 Å². The fourth-order valence-electron chi connectivity index (χ4n) is 10.1. The van der Waals surface area contributed by atoms with E-state index in [2.05, 4.69) is 158 Å². The van der Waals surface area contributed by atoms with Gasteiger partial charge in [-0.3, -0.25) is 9.97 Å². The molecule has 3 heteroatoms. The number of benzene rings is 5. The number of fused-ring (bicyclic) bond motifs is 10. The second-order valence-electron chi connectivity index (χ2n) is 15.7. The van der Waals surface area contributed by atoms with Gasteiger partial charge >= 0.3 is 0 Å². The van der Waals surface area contributed by atoms with Gasteiger partial charge in [0.05, 0.1) is 17.1 Å². The molecule has 52 heavy (non-hydrogen) atoms. The average Bonchev–Trinajstić information content (AvgIpc) is 3.65. The van der Waals surface area contributed by atoms with Crippen LogP contribution in [0.15, 0.2) is 180 Å². The first-order valence-corrected chi connectivity index (χ1v) is 18.8. The zero-order valence-electron chi connectivity index (χ0n) is 29.5. The number of para-hydroxylation sites is 2. The molecule has 2 heterocycles. The molecule has 0 saturated carbocycles. The number of nitrogens with zero attached hydrogens (tertiary/aromatic N) is 3. The molecule has 5 aliphatic rings. The summed E-state index contributed by atoms with van der Waals surface area (Å²) >= 11 is 0. The molecule has 1 aliphatic heterocycles. The summed E-state index contributed by atoms with van der Waals surface area (Å²) in [6, 6.07) is 35.8. The molecule has 4 atom stereocenters. The lowest BCUT2D eigenvalue weighted by atomic mass is 9.70. The molecule has 11 rings (SSSR count). The maximum Gasteiger partial charge on any atom is 0.0971 e. The van der Waals surface area contributed by atoms with Gasteiger partial charge in [0.25, 0.3) is 0 Å². The monoisotopic (exact) mass is 669 g/mol. The Morgan fingerprint density at radius 3 is 2.06 bits per heavy atom. The van der Waals surface area contributed by atoms with E-state index in [9.17, 15) is 0 Å². The maximum atomic E-state index is 4.78. The van der Waals surface area contributed by atoms with Crippen LogP contribution in [0.5, 0.6) is 0 Å². The smallest absolute Gasteiger partial charge is 0.0971 e. The molecule has 5 aromatic carbocycles. The van der Waals surface area contributed by atoms with Crippen molar-refractivity contribution in [3.05, 3.63) is 191 Å².